The van der Waals surface area contributed by atoms with Gasteiger partial charge < -0.3 is 14.2 Å². The van der Waals surface area contributed by atoms with E-state index in [1.807, 2.05) is 6.92 Å². The molecule has 0 aliphatic rings. The molecule has 0 bridgehead atoms. The van der Waals surface area contributed by atoms with Crippen LogP contribution in [0.15, 0.2) is 36.4 Å². The van der Waals surface area contributed by atoms with Gasteiger partial charge in [-0.3, -0.25) is 0 Å². The normalized spacial score (nSPS) is 11.0. The van der Waals surface area contributed by atoms with Crippen molar-refractivity contribution in [2.24, 2.45) is 0 Å². The number of halogens is 2. The van der Waals surface area contributed by atoms with E-state index >= 15 is 0 Å². The summed E-state index contributed by atoms with van der Waals surface area (Å²) in [4.78, 5) is 12.3. The minimum atomic E-state index is -2.96. The lowest BCUT2D eigenvalue weighted by molar-refractivity contribution is -0.0512. The van der Waals surface area contributed by atoms with Crippen LogP contribution in [-0.4, -0.2) is 34.7 Å². The Morgan fingerprint density at radius 3 is 2.70 bits per heavy atom. The van der Waals surface area contributed by atoms with Gasteiger partial charge in [0.05, 0.1) is 18.2 Å². The molecule has 0 N–H and O–H groups in total. The molecule has 1 heterocycles. The number of aryl methyl sites for hydroxylation is 1. The molecule has 3 aromatic rings. The molecular formula is C18H17F2N3O4. The SMILES string of the molecule is CCn1nnc2cc(C(=O)OCc3ccc(OC(F)F)c(OC)c3)ccc21. The highest BCUT2D eigenvalue weighted by Gasteiger charge is 2.14. The van der Waals surface area contributed by atoms with Gasteiger partial charge in [-0.15, -0.1) is 5.10 Å². The van der Waals surface area contributed by atoms with Crippen molar-refractivity contribution < 1.29 is 27.8 Å². The summed E-state index contributed by atoms with van der Waals surface area (Å²) in [7, 11) is 1.34. The molecular weight excluding hydrogens is 360 g/mol. The average molecular weight is 377 g/mol. The van der Waals surface area contributed by atoms with E-state index < -0.39 is 12.6 Å². The maximum absolute atomic E-state index is 12.4. The van der Waals surface area contributed by atoms with Crippen LogP contribution in [0.2, 0.25) is 0 Å². The van der Waals surface area contributed by atoms with Crippen LogP contribution in [0.3, 0.4) is 0 Å². The van der Waals surface area contributed by atoms with Gasteiger partial charge in [-0.1, -0.05) is 11.3 Å². The van der Waals surface area contributed by atoms with Crippen molar-refractivity contribution in [3.63, 3.8) is 0 Å². The summed E-state index contributed by atoms with van der Waals surface area (Å²) < 4.78 is 41.1. The van der Waals surface area contributed by atoms with Gasteiger partial charge in [0, 0.05) is 6.54 Å². The molecule has 3 rings (SSSR count). The zero-order valence-corrected chi connectivity index (χ0v) is 14.7. The molecule has 0 spiro atoms. The molecule has 142 valence electrons. The maximum Gasteiger partial charge on any atom is 0.387 e. The number of fused-ring (bicyclic) bond motifs is 1. The quantitative estimate of drug-likeness (QED) is 0.588. The van der Waals surface area contributed by atoms with E-state index in [1.165, 1.54) is 25.3 Å². The number of hydrogen-bond donors (Lipinski definition) is 0. The average Bonchev–Trinajstić information content (AvgIpc) is 3.08. The number of esters is 1. The zero-order chi connectivity index (χ0) is 19.4. The summed E-state index contributed by atoms with van der Waals surface area (Å²) in [6.45, 7) is -0.387. The minimum Gasteiger partial charge on any atom is -0.493 e. The second-order valence-corrected chi connectivity index (χ2v) is 5.55. The fraction of sp³-hybridized carbons (Fsp3) is 0.278. The van der Waals surface area contributed by atoms with Crippen molar-refractivity contribution in [3.05, 3.63) is 47.5 Å². The lowest BCUT2D eigenvalue weighted by atomic mass is 10.2. The first-order valence-electron chi connectivity index (χ1n) is 8.14. The van der Waals surface area contributed by atoms with Crippen LogP contribution in [0.4, 0.5) is 8.78 Å². The molecule has 7 nitrogen and oxygen atoms in total. The Kier molecular flexibility index (Phi) is 5.49. The Hall–Kier alpha value is -3.23. The Bertz CT molecular complexity index is 959. The van der Waals surface area contributed by atoms with Gasteiger partial charge in [-0.05, 0) is 42.8 Å². The molecule has 0 radical (unpaired) electrons. The van der Waals surface area contributed by atoms with Gasteiger partial charge in [0.15, 0.2) is 11.5 Å². The maximum atomic E-state index is 12.4. The smallest absolute Gasteiger partial charge is 0.387 e. The number of nitrogens with zero attached hydrogens (tertiary/aromatic N) is 3. The topological polar surface area (TPSA) is 75.5 Å². The summed E-state index contributed by atoms with van der Waals surface area (Å²) in [6, 6.07) is 9.33. The van der Waals surface area contributed by atoms with Crippen molar-refractivity contribution >= 4 is 17.0 Å². The van der Waals surface area contributed by atoms with Gasteiger partial charge in [0.2, 0.25) is 0 Å². The van der Waals surface area contributed by atoms with E-state index in [0.29, 0.717) is 23.2 Å². The van der Waals surface area contributed by atoms with Crippen LogP contribution in [0.25, 0.3) is 11.0 Å². The lowest BCUT2D eigenvalue weighted by Gasteiger charge is -2.11. The Balaban J connectivity index is 1.70. The van der Waals surface area contributed by atoms with E-state index in [1.54, 1.807) is 22.9 Å². The number of benzene rings is 2. The highest BCUT2D eigenvalue weighted by Crippen LogP contribution is 2.29. The molecule has 0 aliphatic heterocycles. The van der Waals surface area contributed by atoms with E-state index in [9.17, 15) is 13.6 Å². The van der Waals surface area contributed by atoms with Gasteiger partial charge in [-0.25, -0.2) is 9.48 Å². The van der Waals surface area contributed by atoms with Crippen LogP contribution in [0.1, 0.15) is 22.8 Å². The Labute approximate surface area is 153 Å². The predicted molar refractivity (Wildman–Crippen MR) is 91.9 cm³/mol. The first-order valence-corrected chi connectivity index (χ1v) is 8.14. The number of methoxy groups -OCH3 is 1. The van der Waals surface area contributed by atoms with Crippen molar-refractivity contribution in [1.82, 2.24) is 15.0 Å². The summed E-state index contributed by atoms with van der Waals surface area (Å²) in [6.07, 6.45) is 0. The third kappa shape index (κ3) is 4.13. The molecule has 0 fully saturated rings. The Morgan fingerprint density at radius 2 is 2.00 bits per heavy atom. The van der Waals surface area contributed by atoms with Crippen molar-refractivity contribution in [2.45, 2.75) is 26.7 Å². The molecule has 27 heavy (non-hydrogen) atoms. The number of aromatic nitrogens is 3. The molecule has 0 amide bonds. The van der Waals surface area contributed by atoms with E-state index in [2.05, 4.69) is 15.0 Å². The van der Waals surface area contributed by atoms with E-state index in [-0.39, 0.29) is 18.1 Å². The van der Waals surface area contributed by atoms with Crippen molar-refractivity contribution in [2.75, 3.05) is 7.11 Å². The summed E-state index contributed by atoms with van der Waals surface area (Å²) >= 11 is 0. The van der Waals surface area contributed by atoms with E-state index in [0.717, 1.165) is 5.52 Å². The van der Waals surface area contributed by atoms with Gasteiger partial charge >= 0.3 is 12.6 Å². The highest BCUT2D eigenvalue weighted by atomic mass is 19.3. The van der Waals surface area contributed by atoms with Gasteiger partial charge in [0.1, 0.15) is 12.1 Å². The second-order valence-electron chi connectivity index (χ2n) is 5.55. The third-order valence-corrected chi connectivity index (χ3v) is 3.86. The number of alkyl halides is 2. The van der Waals surface area contributed by atoms with Crippen LogP contribution in [0.5, 0.6) is 11.5 Å². The van der Waals surface area contributed by atoms with E-state index in [4.69, 9.17) is 9.47 Å². The van der Waals surface area contributed by atoms with Crippen molar-refractivity contribution in [3.8, 4) is 11.5 Å². The van der Waals surface area contributed by atoms with Crippen molar-refractivity contribution in [1.29, 1.82) is 0 Å². The molecule has 0 unspecified atom stereocenters. The molecule has 0 saturated carbocycles. The first kappa shape index (κ1) is 18.6. The highest BCUT2D eigenvalue weighted by molar-refractivity contribution is 5.93. The number of hydrogen-bond acceptors (Lipinski definition) is 6. The number of ether oxygens (including phenoxy) is 3. The first-order chi connectivity index (χ1) is 13.0. The summed E-state index contributed by atoms with van der Waals surface area (Å²) in [5.74, 6) is -0.497. The van der Waals surface area contributed by atoms with Crippen LogP contribution >= 0.6 is 0 Å². The monoisotopic (exact) mass is 377 g/mol. The molecule has 0 saturated heterocycles. The van der Waals surface area contributed by atoms with Gasteiger partial charge in [0.25, 0.3) is 0 Å². The standard InChI is InChI=1S/C18H17F2N3O4/c1-3-23-14-6-5-12(9-13(14)21-22-23)17(24)26-10-11-4-7-15(27-18(19)20)16(8-11)25-2/h4-9,18H,3,10H2,1-2H3. The third-order valence-electron chi connectivity index (χ3n) is 3.86. The molecule has 1 aromatic heterocycles. The second kappa shape index (κ2) is 7.98. The largest absolute Gasteiger partial charge is 0.493 e. The van der Waals surface area contributed by atoms with Crippen LogP contribution in [0, 0.1) is 0 Å². The fourth-order valence-electron chi connectivity index (χ4n) is 2.56. The minimum absolute atomic E-state index is 0.0517. The molecule has 0 aliphatic carbocycles. The van der Waals surface area contributed by atoms with Gasteiger partial charge in [-0.2, -0.15) is 8.78 Å². The number of carbonyl (C=O) groups excluding carboxylic acids is 1. The summed E-state index contributed by atoms with van der Waals surface area (Å²) in [5.41, 5.74) is 2.34. The fourth-order valence-corrected chi connectivity index (χ4v) is 2.56. The number of rotatable bonds is 7. The summed E-state index contributed by atoms with van der Waals surface area (Å²) in [5, 5.41) is 8.01. The predicted octanol–water partition coefficient (Wildman–Crippen LogP) is 3.42. The molecule has 9 heteroatoms. The zero-order valence-electron chi connectivity index (χ0n) is 14.7. The Morgan fingerprint density at radius 1 is 1.19 bits per heavy atom. The lowest BCUT2D eigenvalue weighted by Crippen LogP contribution is -2.06. The number of carbonyl (C=O) groups is 1. The molecule has 0 atom stereocenters. The van der Waals surface area contributed by atoms with Crippen LogP contribution < -0.4 is 9.47 Å². The van der Waals surface area contributed by atoms with Crippen LogP contribution in [-0.2, 0) is 17.9 Å². The molecule has 2 aromatic carbocycles.